The molecule has 1 N–H and O–H groups in total. The van der Waals surface area contributed by atoms with Gasteiger partial charge in [0.05, 0.1) is 10.6 Å². The Morgan fingerprint density at radius 3 is 2.58 bits per heavy atom. The number of hydrogen-bond acceptors (Lipinski definition) is 5. The summed E-state index contributed by atoms with van der Waals surface area (Å²) in [6.07, 6.45) is 1.22. The van der Waals surface area contributed by atoms with Crippen molar-refractivity contribution in [3.05, 3.63) is 58.1 Å². The van der Waals surface area contributed by atoms with Gasteiger partial charge in [-0.3, -0.25) is 19.6 Å². The zero-order chi connectivity index (χ0) is 18.9. The van der Waals surface area contributed by atoms with Gasteiger partial charge in [0.2, 0.25) is 5.91 Å². The second-order valence-corrected chi connectivity index (χ2v) is 7.60. The van der Waals surface area contributed by atoms with Crippen molar-refractivity contribution >= 4 is 33.0 Å². The van der Waals surface area contributed by atoms with Gasteiger partial charge in [-0.25, -0.2) is 8.42 Å². The molecule has 0 radical (unpaired) electrons. The molecule has 8 nitrogen and oxygen atoms in total. The quantitative estimate of drug-likeness (QED) is 0.638. The van der Waals surface area contributed by atoms with Crippen LogP contribution < -0.4 is 9.62 Å². The number of nitro benzene ring substituents is 1. The minimum absolute atomic E-state index is 0.0143. The highest BCUT2D eigenvalue weighted by atomic mass is 32.2. The molecule has 0 unspecified atom stereocenters. The molecule has 1 aliphatic heterocycles. The fourth-order valence-electron chi connectivity index (χ4n) is 2.99. The first kappa shape index (κ1) is 17.9. The first-order valence-electron chi connectivity index (χ1n) is 7.97. The van der Waals surface area contributed by atoms with Crippen LogP contribution >= 0.6 is 0 Å². The average Bonchev–Trinajstić information content (AvgIpc) is 3.00. The Hall–Kier alpha value is -2.94. The third-order valence-corrected chi connectivity index (χ3v) is 5.71. The molecule has 0 spiro atoms. The van der Waals surface area contributed by atoms with E-state index in [0.717, 1.165) is 12.5 Å². The van der Waals surface area contributed by atoms with E-state index in [1.165, 1.54) is 25.1 Å². The molecule has 3 rings (SSSR count). The first-order valence-corrected chi connectivity index (χ1v) is 9.45. The van der Waals surface area contributed by atoms with E-state index in [4.69, 9.17) is 0 Å². The highest BCUT2D eigenvalue weighted by Crippen LogP contribution is 2.30. The van der Waals surface area contributed by atoms with Gasteiger partial charge in [-0.05, 0) is 37.1 Å². The molecule has 136 valence electrons. The number of sulfonamides is 1. The summed E-state index contributed by atoms with van der Waals surface area (Å²) in [4.78, 5) is 23.6. The van der Waals surface area contributed by atoms with Gasteiger partial charge in [-0.2, -0.15) is 0 Å². The predicted octanol–water partition coefficient (Wildman–Crippen LogP) is 2.83. The summed E-state index contributed by atoms with van der Waals surface area (Å²) >= 11 is 0. The van der Waals surface area contributed by atoms with E-state index in [9.17, 15) is 23.3 Å². The number of amides is 1. The minimum atomic E-state index is -4.17. The van der Waals surface area contributed by atoms with Gasteiger partial charge < -0.3 is 4.90 Å². The lowest BCUT2D eigenvalue weighted by molar-refractivity contribution is -0.387. The van der Waals surface area contributed by atoms with E-state index < -0.39 is 20.6 Å². The molecular formula is C17H17N3O5S. The lowest BCUT2D eigenvalue weighted by Crippen LogP contribution is -2.24. The van der Waals surface area contributed by atoms with E-state index >= 15 is 0 Å². The van der Waals surface area contributed by atoms with Crippen molar-refractivity contribution < 1.29 is 18.1 Å². The molecule has 2 aromatic rings. The van der Waals surface area contributed by atoms with Crippen LogP contribution in [0.3, 0.4) is 0 Å². The summed E-state index contributed by atoms with van der Waals surface area (Å²) in [6.45, 7) is 2.08. The lowest BCUT2D eigenvalue weighted by Gasteiger charge is -2.17. The standard InChI is InChI=1S/C17H17N3O5S/c1-12-5-2-8-15(20(22)23)17(12)26(24,25)18-13-6-3-7-14(11-13)19-10-4-9-16(19)21/h2-3,5-8,11,18H,4,9-10H2,1H3. The highest BCUT2D eigenvalue weighted by Gasteiger charge is 2.28. The fourth-order valence-corrected chi connectivity index (χ4v) is 4.44. The van der Waals surface area contributed by atoms with Crippen molar-refractivity contribution in [3.8, 4) is 0 Å². The number of aryl methyl sites for hydroxylation is 1. The monoisotopic (exact) mass is 375 g/mol. The van der Waals surface area contributed by atoms with Gasteiger partial charge in [-0.15, -0.1) is 0 Å². The topological polar surface area (TPSA) is 110 Å². The molecule has 2 aromatic carbocycles. The molecule has 0 bridgehead atoms. The Morgan fingerprint density at radius 2 is 1.92 bits per heavy atom. The molecule has 0 aromatic heterocycles. The Labute approximate surface area is 150 Å². The van der Waals surface area contributed by atoms with Crippen LogP contribution in [0.1, 0.15) is 18.4 Å². The third-order valence-electron chi connectivity index (χ3n) is 4.14. The number of nitrogens with one attached hydrogen (secondary N) is 1. The van der Waals surface area contributed by atoms with Crippen LogP contribution in [-0.4, -0.2) is 25.8 Å². The molecule has 1 saturated heterocycles. The van der Waals surface area contributed by atoms with Crippen molar-refractivity contribution in [1.29, 1.82) is 0 Å². The summed E-state index contributed by atoms with van der Waals surface area (Å²) in [5.74, 6) is -0.0143. The van der Waals surface area contributed by atoms with E-state index in [2.05, 4.69) is 4.72 Å². The second kappa shape index (κ2) is 6.75. The van der Waals surface area contributed by atoms with Crippen molar-refractivity contribution in [2.24, 2.45) is 0 Å². The molecule has 26 heavy (non-hydrogen) atoms. The lowest BCUT2D eigenvalue weighted by atomic mass is 10.2. The molecule has 0 saturated carbocycles. The van der Waals surface area contributed by atoms with Crippen molar-refractivity contribution in [3.63, 3.8) is 0 Å². The van der Waals surface area contributed by atoms with E-state index in [0.29, 0.717) is 18.7 Å². The number of nitro groups is 1. The van der Waals surface area contributed by atoms with Gasteiger partial charge in [0.15, 0.2) is 4.90 Å². The Kier molecular flexibility index (Phi) is 4.64. The predicted molar refractivity (Wildman–Crippen MR) is 96.7 cm³/mol. The average molecular weight is 375 g/mol. The Bertz CT molecular complexity index is 988. The molecule has 0 aliphatic carbocycles. The van der Waals surface area contributed by atoms with Gasteiger partial charge >= 0.3 is 0 Å². The number of benzene rings is 2. The minimum Gasteiger partial charge on any atom is -0.312 e. The van der Waals surface area contributed by atoms with Gasteiger partial charge in [0, 0.05) is 24.7 Å². The SMILES string of the molecule is Cc1cccc([N+](=O)[O-])c1S(=O)(=O)Nc1cccc(N2CCCC2=O)c1. The summed E-state index contributed by atoms with van der Waals surface area (Å²) in [7, 11) is -4.17. The third kappa shape index (κ3) is 3.38. The molecular weight excluding hydrogens is 358 g/mol. The van der Waals surface area contributed by atoms with E-state index in [1.807, 2.05) is 0 Å². The number of anilines is 2. The molecule has 0 atom stereocenters. The van der Waals surface area contributed by atoms with E-state index in [-0.39, 0.29) is 22.1 Å². The zero-order valence-corrected chi connectivity index (χ0v) is 14.8. The van der Waals surface area contributed by atoms with Crippen LogP contribution in [0, 0.1) is 17.0 Å². The molecule has 1 aliphatic rings. The largest absolute Gasteiger partial charge is 0.312 e. The fraction of sp³-hybridized carbons (Fsp3) is 0.235. The highest BCUT2D eigenvalue weighted by molar-refractivity contribution is 7.93. The Balaban J connectivity index is 1.97. The maximum absolute atomic E-state index is 12.7. The number of carbonyl (C=O) groups excluding carboxylic acids is 1. The van der Waals surface area contributed by atoms with Crippen LogP contribution in [0.4, 0.5) is 17.1 Å². The van der Waals surface area contributed by atoms with Gasteiger partial charge in [0.1, 0.15) is 0 Å². The molecule has 1 heterocycles. The maximum Gasteiger partial charge on any atom is 0.290 e. The number of carbonyl (C=O) groups is 1. The van der Waals surface area contributed by atoms with Crippen LogP contribution in [0.5, 0.6) is 0 Å². The van der Waals surface area contributed by atoms with Crippen LogP contribution in [-0.2, 0) is 14.8 Å². The summed E-state index contributed by atoms with van der Waals surface area (Å²) in [5.41, 5.74) is 0.618. The van der Waals surface area contributed by atoms with Gasteiger partial charge in [-0.1, -0.05) is 18.2 Å². The number of rotatable bonds is 5. The summed E-state index contributed by atoms with van der Waals surface area (Å²) < 4.78 is 27.9. The van der Waals surface area contributed by atoms with E-state index in [1.54, 1.807) is 23.1 Å². The van der Waals surface area contributed by atoms with Crippen LogP contribution in [0.15, 0.2) is 47.4 Å². The summed E-state index contributed by atoms with van der Waals surface area (Å²) in [5, 5.41) is 11.2. The molecule has 1 amide bonds. The molecule has 1 fully saturated rings. The number of hydrogen-bond donors (Lipinski definition) is 1. The smallest absolute Gasteiger partial charge is 0.290 e. The van der Waals surface area contributed by atoms with Crippen molar-refractivity contribution in [2.45, 2.75) is 24.7 Å². The van der Waals surface area contributed by atoms with Crippen molar-refractivity contribution in [2.75, 3.05) is 16.2 Å². The van der Waals surface area contributed by atoms with Crippen LogP contribution in [0.2, 0.25) is 0 Å². The van der Waals surface area contributed by atoms with Crippen LogP contribution in [0.25, 0.3) is 0 Å². The normalized spacial score (nSPS) is 14.5. The first-order chi connectivity index (χ1) is 12.3. The Morgan fingerprint density at radius 1 is 1.19 bits per heavy atom. The summed E-state index contributed by atoms with van der Waals surface area (Å²) in [6, 6.07) is 10.5. The van der Waals surface area contributed by atoms with Crippen molar-refractivity contribution in [1.82, 2.24) is 0 Å². The number of nitrogens with zero attached hydrogens (tertiary/aromatic N) is 2. The maximum atomic E-state index is 12.7. The molecule has 9 heteroatoms. The second-order valence-electron chi connectivity index (χ2n) is 5.99. The zero-order valence-electron chi connectivity index (χ0n) is 14.0. The van der Waals surface area contributed by atoms with Gasteiger partial charge in [0.25, 0.3) is 15.7 Å².